The summed E-state index contributed by atoms with van der Waals surface area (Å²) in [7, 11) is 1.79. The third-order valence-corrected chi connectivity index (χ3v) is 2.15. The lowest BCUT2D eigenvalue weighted by Gasteiger charge is -1.95. The molecule has 0 saturated heterocycles. The molecule has 2 heterocycles. The van der Waals surface area contributed by atoms with Crippen LogP contribution in [0.25, 0.3) is 11.3 Å². The van der Waals surface area contributed by atoms with E-state index in [1.165, 1.54) is 0 Å². The molecule has 0 amide bonds. The van der Waals surface area contributed by atoms with Gasteiger partial charge < -0.3 is 5.73 Å². The van der Waals surface area contributed by atoms with Crippen molar-refractivity contribution in [1.82, 2.24) is 14.8 Å². The van der Waals surface area contributed by atoms with Crippen molar-refractivity contribution in [2.24, 2.45) is 7.05 Å². The Balaban J connectivity index is 0.000000606. The van der Waals surface area contributed by atoms with E-state index < -0.39 is 0 Å². The van der Waals surface area contributed by atoms with E-state index in [-0.39, 0.29) is 0 Å². The Hall–Kier alpha value is -1.55. The number of nitrogens with zero attached hydrogens (tertiary/aromatic N) is 3. The molecule has 16 heavy (non-hydrogen) atoms. The number of rotatable bonds is 1. The highest BCUT2D eigenvalue weighted by Gasteiger charge is 2.04. The molecule has 2 rings (SSSR count). The van der Waals surface area contributed by atoms with Gasteiger partial charge in [0.1, 0.15) is 11.0 Å². The molecule has 0 unspecified atom stereocenters. The molecule has 2 N–H and O–H groups in total. The van der Waals surface area contributed by atoms with E-state index in [1.807, 2.05) is 19.9 Å². The van der Waals surface area contributed by atoms with Gasteiger partial charge in [-0.1, -0.05) is 25.4 Å². The Morgan fingerprint density at radius 1 is 1.31 bits per heavy atom. The number of anilines is 1. The predicted molar refractivity (Wildman–Crippen MR) is 67.2 cm³/mol. The normalized spacial score (nSPS) is 9.50. The van der Waals surface area contributed by atoms with Crippen molar-refractivity contribution in [1.29, 1.82) is 0 Å². The number of hydrogen-bond donors (Lipinski definition) is 1. The van der Waals surface area contributed by atoms with E-state index in [4.69, 9.17) is 17.3 Å². The molecule has 2 aromatic rings. The van der Waals surface area contributed by atoms with Crippen molar-refractivity contribution in [2.45, 2.75) is 13.8 Å². The quantitative estimate of drug-likeness (QED) is 0.778. The number of aromatic nitrogens is 3. The first-order valence-electron chi connectivity index (χ1n) is 5.08. The summed E-state index contributed by atoms with van der Waals surface area (Å²) in [5.74, 6) is 0.618. The monoisotopic (exact) mass is 238 g/mol. The van der Waals surface area contributed by atoms with Gasteiger partial charge in [-0.05, 0) is 12.1 Å². The third-order valence-electron chi connectivity index (χ3n) is 1.94. The summed E-state index contributed by atoms with van der Waals surface area (Å²) in [5.41, 5.74) is 7.38. The summed E-state index contributed by atoms with van der Waals surface area (Å²) in [6, 6.07) is 5.39. The van der Waals surface area contributed by atoms with Crippen LogP contribution in [-0.2, 0) is 7.05 Å². The second kappa shape index (κ2) is 5.51. The highest BCUT2D eigenvalue weighted by Crippen LogP contribution is 2.21. The van der Waals surface area contributed by atoms with Crippen LogP contribution in [0.5, 0.6) is 0 Å². The average molecular weight is 239 g/mol. The SMILES string of the molecule is CC.Cn1nc(-c2ccnc(Cl)c2)cc1N. The van der Waals surface area contributed by atoms with Gasteiger partial charge >= 0.3 is 0 Å². The third kappa shape index (κ3) is 2.73. The van der Waals surface area contributed by atoms with Crippen LogP contribution >= 0.6 is 11.6 Å². The van der Waals surface area contributed by atoms with Crippen LogP contribution < -0.4 is 5.73 Å². The fourth-order valence-electron chi connectivity index (χ4n) is 1.18. The van der Waals surface area contributed by atoms with Gasteiger partial charge in [-0.3, -0.25) is 4.68 Å². The van der Waals surface area contributed by atoms with E-state index in [2.05, 4.69) is 10.1 Å². The van der Waals surface area contributed by atoms with E-state index in [1.54, 1.807) is 30.1 Å². The van der Waals surface area contributed by atoms with Gasteiger partial charge in [-0.15, -0.1) is 0 Å². The summed E-state index contributed by atoms with van der Waals surface area (Å²) in [6.45, 7) is 4.00. The lowest BCUT2D eigenvalue weighted by atomic mass is 10.2. The first-order chi connectivity index (χ1) is 7.66. The first kappa shape index (κ1) is 12.5. The average Bonchev–Trinajstić information content (AvgIpc) is 2.62. The second-order valence-corrected chi connectivity index (χ2v) is 3.33. The van der Waals surface area contributed by atoms with Gasteiger partial charge in [0.2, 0.25) is 0 Å². The molecule has 0 aliphatic heterocycles. The zero-order valence-electron chi connectivity index (χ0n) is 9.61. The Morgan fingerprint density at radius 2 is 2.00 bits per heavy atom. The maximum Gasteiger partial charge on any atom is 0.129 e. The number of nitrogens with two attached hydrogens (primary N) is 1. The molecule has 0 aliphatic rings. The van der Waals surface area contributed by atoms with Gasteiger partial charge in [0, 0.05) is 24.9 Å². The molecule has 0 bridgehead atoms. The topological polar surface area (TPSA) is 56.7 Å². The number of pyridine rings is 1. The Labute approximate surface area is 100 Å². The molecule has 0 aromatic carbocycles. The molecule has 5 heteroatoms. The molecule has 4 nitrogen and oxygen atoms in total. The summed E-state index contributed by atoms with van der Waals surface area (Å²) in [6.07, 6.45) is 1.64. The molecule has 0 aliphatic carbocycles. The summed E-state index contributed by atoms with van der Waals surface area (Å²) in [5, 5.41) is 4.68. The summed E-state index contributed by atoms with van der Waals surface area (Å²) >= 11 is 5.76. The van der Waals surface area contributed by atoms with Gasteiger partial charge in [0.25, 0.3) is 0 Å². The van der Waals surface area contributed by atoms with Crippen LogP contribution in [-0.4, -0.2) is 14.8 Å². The van der Waals surface area contributed by atoms with Crippen LogP contribution in [0.15, 0.2) is 24.4 Å². The van der Waals surface area contributed by atoms with Crippen LogP contribution in [0.3, 0.4) is 0 Å². The largest absolute Gasteiger partial charge is 0.384 e. The zero-order chi connectivity index (χ0) is 12.1. The van der Waals surface area contributed by atoms with Crippen molar-refractivity contribution in [2.75, 3.05) is 5.73 Å². The first-order valence-corrected chi connectivity index (χ1v) is 5.46. The lowest BCUT2D eigenvalue weighted by molar-refractivity contribution is 0.782. The summed E-state index contributed by atoms with van der Waals surface area (Å²) in [4.78, 5) is 3.89. The molecule has 0 saturated carbocycles. The summed E-state index contributed by atoms with van der Waals surface area (Å²) < 4.78 is 1.61. The van der Waals surface area contributed by atoms with Crippen molar-refractivity contribution in [3.05, 3.63) is 29.5 Å². The van der Waals surface area contributed by atoms with Crippen molar-refractivity contribution >= 4 is 17.4 Å². The van der Waals surface area contributed by atoms with Crippen LogP contribution in [0.4, 0.5) is 5.82 Å². The lowest BCUT2D eigenvalue weighted by Crippen LogP contribution is -1.96. The smallest absolute Gasteiger partial charge is 0.129 e. The number of hydrogen-bond acceptors (Lipinski definition) is 3. The van der Waals surface area contributed by atoms with Gasteiger partial charge in [-0.25, -0.2) is 4.98 Å². The molecule has 0 radical (unpaired) electrons. The maximum absolute atomic E-state index is 5.76. The fraction of sp³-hybridized carbons (Fsp3) is 0.273. The maximum atomic E-state index is 5.76. The molecular formula is C11H15ClN4. The highest BCUT2D eigenvalue weighted by atomic mass is 35.5. The highest BCUT2D eigenvalue weighted by molar-refractivity contribution is 6.29. The predicted octanol–water partition coefficient (Wildman–Crippen LogP) is 2.74. The van der Waals surface area contributed by atoms with E-state index in [0.717, 1.165) is 11.3 Å². The molecule has 86 valence electrons. The van der Waals surface area contributed by atoms with E-state index in [0.29, 0.717) is 11.0 Å². The van der Waals surface area contributed by atoms with E-state index in [9.17, 15) is 0 Å². The van der Waals surface area contributed by atoms with Crippen LogP contribution in [0, 0.1) is 0 Å². The minimum Gasteiger partial charge on any atom is -0.384 e. The molecule has 0 fully saturated rings. The fourth-order valence-corrected chi connectivity index (χ4v) is 1.36. The number of halogens is 1. The minimum atomic E-state index is 0.451. The van der Waals surface area contributed by atoms with Gasteiger partial charge in [0.05, 0.1) is 5.69 Å². The van der Waals surface area contributed by atoms with Gasteiger partial charge in [0.15, 0.2) is 0 Å². The number of aryl methyl sites for hydroxylation is 1. The Bertz CT molecular complexity index is 445. The van der Waals surface area contributed by atoms with Crippen molar-refractivity contribution < 1.29 is 0 Å². The minimum absolute atomic E-state index is 0.451. The van der Waals surface area contributed by atoms with E-state index >= 15 is 0 Å². The Kier molecular flexibility index (Phi) is 4.31. The molecule has 0 spiro atoms. The zero-order valence-corrected chi connectivity index (χ0v) is 10.4. The van der Waals surface area contributed by atoms with Crippen LogP contribution in [0.1, 0.15) is 13.8 Å². The second-order valence-electron chi connectivity index (χ2n) is 2.95. The molecule has 0 atom stereocenters. The van der Waals surface area contributed by atoms with Crippen LogP contribution in [0.2, 0.25) is 5.15 Å². The number of nitrogen functional groups attached to an aromatic ring is 1. The van der Waals surface area contributed by atoms with Gasteiger partial charge in [-0.2, -0.15) is 5.10 Å². The van der Waals surface area contributed by atoms with Crippen molar-refractivity contribution in [3.8, 4) is 11.3 Å². The molecular weight excluding hydrogens is 224 g/mol. The Morgan fingerprint density at radius 3 is 2.50 bits per heavy atom. The standard InChI is InChI=1S/C9H9ClN4.C2H6/c1-14-9(11)5-7(13-14)6-2-3-12-8(10)4-6;1-2/h2-5H,11H2,1H3;1-2H3. The van der Waals surface area contributed by atoms with Crippen molar-refractivity contribution in [3.63, 3.8) is 0 Å². The molecule has 2 aromatic heterocycles.